The Morgan fingerprint density at radius 2 is 1.26 bits per heavy atom. The molecule has 3 N–H and O–H groups in total. The van der Waals surface area contributed by atoms with Gasteiger partial charge in [0.05, 0.1) is 5.69 Å². The number of halogens is 6. The molecule has 12 heteroatoms. The van der Waals surface area contributed by atoms with Gasteiger partial charge in [-0.25, -0.2) is 0 Å². The molecule has 0 unspecified atom stereocenters. The van der Waals surface area contributed by atoms with E-state index in [1.807, 2.05) is 5.32 Å². The molecule has 0 radical (unpaired) electrons. The highest BCUT2D eigenvalue weighted by Gasteiger charge is 2.72. The van der Waals surface area contributed by atoms with Crippen LogP contribution in [-0.4, -0.2) is 35.1 Å². The van der Waals surface area contributed by atoms with Crippen LogP contribution in [0, 0.1) is 6.92 Å². The summed E-state index contributed by atoms with van der Waals surface area (Å²) in [4.78, 5) is 35.9. The molecule has 0 fully saturated rings. The Labute approximate surface area is 218 Å². The molecule has 0 aliphatic rings. The van der Waals surface area contributed by atoms with Gasteiger partial charge in [0.1, 0.15) is 5.75 Å². The topological polar surface area (TPSA) is 95.5 Å². The second-order valence-corrected chi connectivity index (χ2v) is 8.78. The fourth-order valence-electron chi connectivity index (χ4n) is 4.10. The molecule has 0 bridgehead atoms. The number of rotatable bonds is 6. The third-order valence-corrected chi connectivity index (χ3v) is 6.04. The van der Waals surface area contributed by atoms with Crippen molar-refractivity contribution in [3.8, 4) is 5.75 Å². The fourth-order valence-corrected chi connectivity index (χ4v) is 4.10. The summed E-state index contributed by atoms with van der Waals surface area (Å²) in [6, 6.07) is 9.13. The highest BCUT2D eigenvalue weighted by molar-refractivity contribution is 6.06. The Morgan fingerprint density at radius 1 is 0.718 bits per heavy atom. The van der Waals surface area contributed by atoms with E-state index < -0.39 is 52.1 Å². The molecule has 0 saturated heterocycles. The Kier molecular flexibility index (Phi) is 7.81. The van der Waals surface area contributed by atoms with Gasteiger partial charge in [0.15, 0.2) is 5.78 Å². The number of hydrogen-bond acceptors (Lipinski definition) is 4. The van der Waals surface area contributed by atoms with E-state index >= 15 is 0 Å². The maximum Gasteiger partial charge on any atom is 0.411 e. The molecule has 0 aliphatic carbocycles. The van der Waals surface area contributed by atoms with Crippen LogP contribution in [0.3, 0.4) is 0 Å². The Morgan fingerprint density at radius 3 is 1.79 bits per heavy atom. The number of anilines is 2. The molecule has 2 amide bonds. The fraction of sp³-hybridized carbons (Fsp3) is 0.222. The number of phenolic OH excluding ortho intramolecular Hbond substituents is 1. The van der Waals surface area contributed by atoms with Crippen LogP contribution in [0.15, 0.2) is 60.7 Å². The molecule has 3 aromatic rings. The molecule has 206 valence electrons. The number of phenols is 1. The number of alkyl halides is 6. The summed E-state index contributed by atoms with van der Waals surface area (Å²) >= 11 is 0. The first kappa shape index (κ1) is 29.2. The molecule has 0 saturated carbocycles. The number of amides is 2. The minimum Gasteiger partial charge on any atom is -0.506 e. The van der Waals surface area contributed by atoms with Crippen LogP contribution >= 0.6 is 0 Å². The van der Waals surface area contributed by atoms with Crippen LogP contribution in [0.1, 0.15) is 51.3 Å². The van der Waals surface area contributed by atoms with Gasteiger partial charge in [0.2, 0.25) is 11.3 Å². The molecule has 3 rings (SSSR count). The maximum absolute atomic E-state index is 14.6. The lowest BCUT2D eigenvalue weighted by Gasteiger charge is -2.38. The summed E-state index contributed by atoms with van der Waals surface area (Å²) in [6.45, 7) is 3.61. The maximum atomic E-state index is 14.6. The first-order valence-electron chi connectivity index (χ1n) is 11.3. The van der Waals surface area contributed by atoms with Crippen LogP contribution in [0.4, 0.5) is 37.7 Å². The zero-order chi connectivity index (χ0) is 29.3. The normalized spacial score (nSPS) is 12.1. The molecule has 6 nitrogen and oxygen atoms in total. The predicted molar refractivity (Wildman–Crippen MR) is 131 cm³/mol. The Hall–Kier alpha value is -4.35. The summed E-state index contributed by atoms with van der Waals surface area (Å²) in [7, 11) is 0. The quantitative estimate of drug-likeness (QED) is 0.184. The lowest BCUT2D eigenvalue weighted by Crippen LogP contribution is -2.54. The number of benzene rings is 3. The van der Waals surface area contributed by atoms with Gasteiger partial charge in [-0.05, 0) is 60.9 Å². The van der Waals surface area contributed by atoms with Crippen LogP contribution in [0.25, 0.3) is 0 Å². The predicted octanol–water partition coefficient (Wildman–Crippen LogP) is 6.52. The van der Waals surface area contributed by atoms with Crippen LogP contribution in [0.2, 0.25) is 0 Å². The zero-order valence-electron chi connectivity index (χ0n) is 20.7. The average Bonchev–Trinajstić information content (AvgIpc) is 2.81. The second-order valence-electron chi connectivity index (χ2n) is 8.78. The van der Waals surface area contributed by atoms with Crippen LogP contribution in [-0.2, 0) is 10.2 Å². The number of carbonyl (C=O) groups excluding carboxylic acids is 3. The number of Topliss-reactive ketones (excluding diaryl/α,β-unsaturated/α-hetero) is 1. The number of carbonyl (C=O) groups is 3. The van der Waals surface area contributed by atoms with E-state index in [1.165, 1.54) is 38.1 Å². The van der Waals surface area contributed by atoms with Gasteiger partial charge in [-0.2, -0.15) is 26.3 Å². The third-order valence-electron chi connectivity index (χ3n) is 6.04. The Bertz CT molecular complexity index is 1430. The monoisotopic (exact) mass is 552 g/mol. The summed E-state index contributed by atoms with van der Waals surface area (Å²) in [5, 5.41) is 14.3. The number of aromatic hydroxyl groups is 1. The zero-order valence-corrected chi connectivity index (χ0v) is 20.7. The number of aryl methyl sites for hydroxylation is 1. The van der Waals surface area contributed by atoms with E-state index in [2.05, 4.69) is 5.32 Å². The lowest BCUT2D eigenvalue weighted by atomic mass is 9.72. The van der Waals surface area contributed by atoms with E-state index in [9.17, 15) is 45.8 Å². The van der Waals surface area contributed by atoms with Crippen molar-refractivity contribution >= 4 is 29.0 Å². The summed E-state index contributed by atoms with van der Waals surface area (Å²) in [5.41, 5.74) is -7.86. The van der Waals surface area contributed by atoms with Gasteiger partial charge in [-0.1, -0.05) is 30.3 Å². The van der Waals surface area contributed by atoms with Gasteiger partial charge in [0, 0.05) is 23.7 Å². The van der Waals surface area contributed by atoms with Crippen molar-refractivity contribution in [3.05, 3.63) is 88.5 Å². The van der Waals surface area contributed by atoms with Gasteiger partial charge < -0.3 is 15.7 Å². The summed E-state index contributed by atoms with van der Waals surface area (Å²) in [5.74, 6) is -2.78. The van der Waals surface area contributed by atoms with E-state index in [0.717, 1.165) is 13.0 Å². The largest absolute Gasteiger partial charge is 0.506 e. The summed E-state index contributed by atoms with van der Waals surface area (Å²) < 4.78 is 87.8. The molecular formula is C27H22F6N2O4. The van der Waals surface area contributed by atoms with Gasteiger partial charge in [0.25, 0.3) is 5.91 Å². The summed E-state index contributed by atoms with van der Waals surface area (Å²) in [6.07, 6.45) is -11.9. The van der Waals surface area contributed by atoms with Crippen molar-refractivity contribution in [1.82, 2.24) is 0 Å². The van der Waals surface area contributed by atoms with Crippen molar-refractivity contribution in [3.63, 3.8) is 0 Å². The number of nitrogens with one attached hydrogen (secondary N) is 2. The number of hydrogen-bond donors (Lipinski definition) is 3. The standard InChI is InChI=1S/C27H22F6N2O4/c1-14-7-8-19(12-21(14)35-24(39)18-6-4-5-17(11-18)15(2)36)25(26(28,29)30,27(31,32)33)20-9-10-23(38)22(13-20)34-16(3)37/h4-13,38H,1-3H3,(H,34,37)(H,35,39). The highest BCUT2D eigenvalue weighted by atomic mass is 19.4. The van der Waals surface area contributed by atoms with E-state index in [0.29, 0.717) is 30.3 Å². The van der Waals surface area contributed by atoms with E-state index in [-0.39, 0.29) is 28.2 Å². The average molecular weight is 552 g/mol. The molecule has 0 heterocycles. The van der Waals surface area contributed by atoms with Crippen molar-refractivity contribution in [1.29, 1.82) is 0 Å². The molecule has 39 heavy (non-hydrogen) atoms. The van der Waals surface area contributed by atoms with E-state index in [1.54, 1.807) is 0 Å². The molecule has 0 aromatic heterocycles. The van der Waals surface area contributed by atoms with Gasteiger partial charge in [-0.3, -0.25) is 14.4 Å². The minimum absolute atomic E-state index is 0.0381. The van der Waals surface area contributed by atoms with Crippen molar-refractivity contribution in [2.75, 3.05) is 10.6 Å². The SMILES string of the molecule is CC(=O)Nc1cc(C(c2ccc(C)c(NC(=O)c3cccc(C(C)=O)c3)c2)(C(F)(F)F)C(F)(F)F)ccc1O. The minimum atomic E-state index is -5.96. The molecule has 3 aromatic carbocycles. The second kappa shape index (κ2) is 10.4. The van der Waals surface area contributed by atoms with Crippen molar-refractivity contribution in [2.24, 2.45) is 0 Å². The third kappa shape index (κ3) is 5.59. The molecule has 0 spiro atoms. The number of ketones is 1. The first-order valence-corrected chi connectivity index (χ1v) is 11.3. The molecule has 0 atom stereocenters. The van der Waals surface area contributed by atoms with E-state index in [4.69, 9.17) is 0 Å². The van der Waals surface area contributed by atoms with Crippen molar-refractivity contribution in [2.45, 2.75) is 38.5 Å². The van der Waals surface area contributed by atoms with Crippen LogP contribution in [0.5, 0.6) is 5.75 Å². The smallest absolute Gasteiger partial charge is 0.411 e. The Balaban J connectivity index is 2.23. The first-order chi connectivity index (χ1) is 18.0. The van der Waals surface area contributed by atoms with Gasteiger partial charge >= 0.3 is 12.4 Å². The lowest BCUT2D eigenvalue weighted by molar-refractivity contribution is -0.288. The molecule has 0 aliphatic heterocycles. The van der Waals surface area contributed by atoms with Crippen LogP contribution < -0.4 is 10.6 Å². The highest BCUT2D eigenvalue weighted by Crippen LogP contribution is 2.57. The van der Waals surface area contributed by atoms with Gasteiger partial charge in [-0.15, -0.1) is 0 Å². The van der Waals surface area contributed by atoms with Crippen molar-refractivity contribution < 1.29 is 45.8 Å². The molecular weight excluding hydrogens is 530 g/mol.